The van der Waals surface area contributed by atoms with Crippen LogP contribution in [0.1, 0.15) is 37.6 Å². The second-order valence-electron chi connectivity index (χ2n) is 9.98. The average Bonchev–Trinajstić information content (AvgIpc) is 3.07. The van der Waals surface area contributed by atoms with E-state index in [2.05, 4.69) is 119 Å². The number of ether oxygens (including phenoxy) is 1. The Bertz CT molecular complexity index is 1620. The van der Waals surface area contributed by atoms with Crippen LogP contribution in [0.5, 0.6) is 5.75 Å². The number of hydrogen-bond acceptors (Lipinski definition) is 5. The van der Waals surface area contributed by atoms with Gasteiger partial charge in [0.2, 0.25) is 0 Å². The van der Waals surface area contributed by atoms with Gasteiger partial charge in [0.15, 0.2) is 0 Å². The van der Waals surface area contributed by atoms with Crippen LogP contribution in [0.2, 0.25) is 0 Å². The summed E-state index contributed by atoms with van der Waals surface area (Å²) in [4.78, 5) is 13.5. The van der Waals surface area contributed by atoms with E-state index in [0.29, 0.717) is 6.61 Å². The van der Waals surface area contributed by atoms with Gasteiger partial charge in [-0.2, -0.15) is 0 Å². The molecular weight excluding hydrogens is 759 g/mol. The standard InChI is InChI=1S/C38H38N4O.ClH.Pt/c1-4-41(5-2)34-18-12-30(13-19-34)10-11-31-14-20-35(21-15-31)42(37-24-26-38(27-25-37)43-6-3)36-22-16-32(17-23-36)40-29-33-9-7-8-28-39-33;;/h7-29H,4-6H2,1-3H3;1H;/q;;+4/p-1/b11-10+,40-29?;;. The average molecular weight is 797 g/mol. The molecule has 0 atom stereocenters. The zero-order valence-electron chi connectivity index (χ0n) is 25.8. The van der Waals surface area contributed by atoms with Crippen molar-refractivity contribution in [3.05, 3.63) is 138 Å². The van der Waals surface area contributed by atoms with Crippen molar-refractivity contribution in [1.29, 1.82) is 0 Å². The van der Waals surface area contributed by atoms with Crippen molar-refractivity contribution in [2.24, 2.45) is 4.99 Å². The van der Waals surface area contributed by atoms with Gasteiger partial charge in [-0.3, -0.25) is 9.98 Å². The second-order valence-corrected chi connectivity index (χ2v) is 9.98. The van der Waals surface area contributed by atoms with E-state index in [1.54, 1.807) is 12.4 Å². The molecule has 0 saturated heterocycles. The molecule has 0 aliphatic carbocycles. The van der Waals surface area contributed by atoms with Crippen molar-refractivity contribution < 1.29 is 38.2 Å². The fraction of sp³-hybridized carbons (Fsp3) is 0.158. The molecule has 5 nitrogen and oxygen atoms in total. The molecule has 45 heavy (non-hydrogen) atoms. The molecule has 0 unspecified atom stereocenters. The van der Waals surface area contributed by atoms with Crippen LogP contribution in [-0.2, 0) is 21.1 Å². The number of pyridine rings is 1. The summed E-state index contributed by atoms with van der Waals surface area (Å²) in [5.41, 5.74) is 8.43. The molecule has 230 valence electrons. The minimum atomic E-state index is 0. The zero-order valence-corrected chi connectivity index (χ0v) is 28.8. The van der Waals surface area contributed by atoms with Gasteiger partial charge in [0.05, 0.1) is 24.2 Å². The van der Waals surface area contributed by atoms with E-state index in [1.807, 2.05) is 49.4 Å². The first-order valence-corrected chi connectivity index (χ1v) is 14.9. The van der Waals surface area contributed by atoms with Gasteiger partial charge in [0.25, 0.3) is 0 Å². The van der Waals surface area contributed by atoms with Gasteiger partial charge in [-0.25, -0.2) is 0 Å². The summed E-state index contributed by atoms with van der Waals surface area (Å²) in [7, 11) is 0. The van der Waals surface area contributed by atoms with Gasteiger partial charge in [-0.1, -0.05) is 42.5 Å². The molecule has 0 saturated carbocycles. The topological polar surface area (TPSA) is 41.0 Å². The number of benzene rings is 4. The summed E-state index contributed by atoms with van der Waals surface area (Å²) in [5.74, 6) is 0.857. The first-order valence-electron chi connectivity index (χ1n) is 14.9. The van der Waals surface area contributed by atoms with Crippen molar-refractivity contribution in [1.82, 2.24) is 4.98 Å². The number of aromatic nitrogens is 1. The summed E-state index contributed by atoms with van der Waals surface area (Å²) in [5, 5.41) is 0. The van der Waals surface area contributed by atoms with Gasteiger partial charge in [-0.05, 0) is 117 Å². The quantitative estimate of drug-likeness (QED) is 0.104. The Labute approximate surface area is 288 Å². The van der Waals surface area contributed by atoms with Crippen molar-refractivity contribution in [2.45, 2.75) is 20.8 Å². The van der Waals surface area contributed by atoms with Crippen LogP contribution in [0, 0.1) is 0 Å². The van der Waals surface area contributed by atoms with Gasteiger partial charge in [-0.15, -0.1) is 0 Å². The Balaban J connectivity index is 0.00000276. The molecule has 0 fully saturated rings. The molecule has 0 aliphatic heterocycles. The SMILES string of the molecule is CCOc1ccc(N(c2ccc(/C=C/c3ccc(N(CC)CC)cc3)cc2)c2ccc(N=Cc3ccccn3)cc2)cc1.[Cl-].[Pt+4]. The first kappa shape index (κ1) is 35.3. The molecule has 0 aliphatic rings. The predicted molar refractivity (Wildman–Crippen MR) is 183 cm³/mol. The first-order chi connectivity index (χ1) is 21.2. The van der Waals surface area contributed by atoms with Crippen LogP contribution < -0.4 is 26.9 Å². The molecule has 4 aromatic carbocycles. The maximum Gasteiger partial charge on any atom is 4.00 e. The second kappa shape index (κ2) is 17.9. The molecule has 5 rings (SSSR count). The van der Waals surface area contributed by atoms with Crippen molar-refractivity contribution in [2.75, 3.05) is 29.5 Å². The number of anilines is 4. The van der Waals surface area contributed by atoms with Gasteiger partial charge in [0.1, 0.15) is 5.75 Å². The van der Waals surface area contributed by atoms with Gasteiger partial charge in [0, 0.05) is 42.0 Å². The molecule has 5 aromatic rings. The fourth-order valence-electron chi connectivity index (χ4n) is 4.90. The minimum absolute atomic E-state index is 0. The van der Waals surface area contributed by atoms with E-state index in [-0.39, 0.29) is 33.5 Å². The fourth-order valence-corrected chi connectivity index (χ4v) is 4.90. The molecule has 0 bridgehead atoms. The third-order valence-corrected chi connectivity index (χ3v) is 7.19. The molecular formula is C38H38ClN4OPt+3. The Morgan fingerprint density at radius 2 is 1.16 bits per heavy atom. The number of nitrogens with zero attached hydrogens (tertiary/aromatic N) is 4. The van der Waals surface area contributed by atoms with Crippen LogP contribution in [0.3, 0.4) is 0 Å². The van der Waals surface area contributed by atoms with Crippen molar-refractivity contribution in [3.8, 4) is 5.75 Å². The predicted octanol–water partition coefficient (Wildman–Crippen LogP) is 6.72. The Kier molecular flexibility index (Phi) is 14.1. The zero-order chi connectivity index (χ0) is 29.9. The van der Waals surface area contributed by atoms with E-state index in [4.69, 9.17) is 4.74 Å². The molecule has 1 heterocycles. The number of aliphatic imine (C=N–C) groups is 1. The smallest absolute Gasteiger partial charge is 1.00 e. The van der Waals surface area contributed by atoms with E-state index in [1.165, 1.54) is 11.3 Å². The van der Waals surface area contributed by atoms with Crippen molar-refractivity contribution in [3.63, 3.8) is 0 Å². The maximum atomic E-state index is 5.69. The number of rotatable bonds is 12. The normalized spacial score (nSPS) is 10.7. The van der Waals surface area contributed by atoms with Crippen LogP contribution in [0.4, 0.5) is 28.4 Å². The summed E-state index contributed by atoms with van der Waals surface area (Å²) >= 11 is 0. The van der Waals surface area contributed by atoms with Crippen LogP contribution >= 0.6 is 0 Å². The third kappa shape index (κ3) is 9.65. The van der Waals surface area contributed by atoms with Crippen LogP contribution in [0.15, 0.2) is 126 Å². The largest absolute Gasteiger partial charge is 4.00 e. The molecule has 0 spiro atoms. The van der Waals surface area contributed by atoms with Crippen LogP contribution in [-0.4, -0.2) is 30.9 Å². The number of hydrogen-bond donors (Lipinski definition) is 0. The summed E-state index contributed by atoms with van der Waals surface area (Å²) in [6.45, 7) is 9.03. The van der Waals surface area contributed by atoms with E-state index in [0.717, 1.165) is 52.8 Å². The molecule has 0 radical (unpaired) electrons. The third-order valence-electron chi connectivity index (χ3n) is 7.19. The summed E-state index contributed by atoms with van der Waals surface area (Å²) in [6, 6.07) is 39.6. The van der Waals surface area contributed by atoms with Gasteiger partial charge >= 0.3 is 21.1 Å². The molecule has 1 aromatic heterocycles. The number of halogens is 1. The maximum absolute atomic E-state index is 5.69. The monoisotopic (exact) mass is 796 g/mol. The van der Waals surface area contributed by atoms with E-state index < -0.39 is 0 Å². The Hall–Kier alpha value is -4.18. The minimum Gasteiger partial charge on any atom is -1.00 e. The van der Waals surface area contributed by atoms with E-state index in [9.17, 15) is 0 Å². The van der Waals surface area contributed by atoms with E-state index >= 15 is 0 Å². The Morgan fingerprint density at radius 1 is 0.644 bits per heavy atom. The van der Waals surface area contributed by atoms with Crippen molar-refractivity contribution >= 4 is 46.8 Å². The molecule has 7 heteroatoms. The summed E-state index contributed by atoms with van der Waals surface area (Å²) < 4.78 is 5.69. The summed E-state index contributed by atoms with van der Waals surface area (Å²) in [6.07, 6.45) is 7.87. The Morgan fingerprint density at radius 3 is 1.64 bits per heavy atom. The van der Waals surface area contributed by atoms with Crippen LogP contribution in [0.25, 0.3) is 12.2 Å². The molecule has 0 amide bonds. The van der Waals surface area contributed by atoms with Gasteiger partial charge < -0.3 is 26.9 Å². The molecule has 0 N–H and O–H groups in total.